The number of hydrogen-bond donors (Lipinski definition) is 1. The summed E-state index contributed by atoms with van der Waals surface area (Å²) < 4.78 is 5.66. The van der Waals surface area contributed by atoms with E-state index in [0.29, 0.717) is 18.4 Å². The van der Waals surface area contributed by atoms with Gasteiger partial charge in [0.05, 0.1) is 5.56 Å². The van der Waals surface area contributed by atoms with Gasteiger partial charge >= 0.3 is 5.97 Å². The number of carboxylic acids is 1. The zero-order chi connectivity index (χ0) is 15.2. The summed E-state index contributed by atoms with van der Waals surface area (Å²) in [5.41, 5.74) is 0.263. The van der Waals surface area contributed by atoms with Crippen molar-refractivity contribution >= 4 is 5.97 Å². The van der Waals surface area contributed by atoms with E-state index in [-0.39, 0.29) is 5.56 Å². The third-order valence-corrected chi connectivity index (χ3v) is 4.04. The van der Waals surface area contributed by atoms with Crippen LogP contribution in [-0.4, -0.2) is 67.3 Å². The molecule has 0 aliphatic carbocycles. The topological polar surface area (TPSA) is 53.0 Å². The van der Waals surface area contributed by atoms with Crippen LogP contribution in [0.2, 0.25) is 0 Å². The molecule has 116 valence electrons. The molecule has 0 aromatic heterocycles. The normalized spacial score (nSPS) is 17.1. The Morgan fingerprint density at radius 3 is 2.71 bits per heavy atom. The van der Waals surface area contributed by atoms with E-state index in [1.807, 2.05) is 0 Å². The Balaban J connectivity index is 1.73. The number of carboxylic acid groups (broad SMARTS) is 1. The first-order valence-electron chi connectivity index (χ1n) is 7.41. The Bertz CT molecular complexity index is 468. The fourth-order valence-corrected chi connectivity index (χ4v) is 2.67. The van der Waals surface area contributed by atoms with E-state index in [1.165, 1.54) is 12.8 Å². The molecule has 2 rings (SSSR count). The van der Waals surface area contributed by atoms with Gasteiger partial charge in [-0.3, -0.25) is 4.90 Å². The van der Waals surface area contributed by atoms with Crippen LogP contribution in [0.4, 0.5) is 0 Å². The zero-order valence-electron chi connectivity index (χ0n) is 12.8. The summed E-state index contributed by atoms with van der Waals surface area (Å²) in [5.74, 6) is -0.302. The van der Waals surface area contributed by atoms with E-state index < -0.39 is 5.97 Å². The molecule has 0 spiro atoms. The molecule has 0 unspecified atom stereocenters. The van der Waals surface area contributed by atoms with Crippen LogP contribution in [0.1, 0.15) is 23.2 Å². The van der Waals surface area contributed by atoms with Crippen molar-refractivity contribution < 1.29 is 14.6 Å². The molecular weight excluding hydrogens is 268 g/mol. The monoisotopic (exact) mass is 292 g/mol. The van der Waals surface area contributed by atoms with Gasteiger partial charge in [0.1, 0.15) is 12.4 Å². The number of rotatable bonds is 6. The molecule has 5 nitrogen and oxygen atoms in total. The third-order valence-electron chi connectivity index (χ3n) is 4.04. The molecule has 1 saturated heterocycles. The lowest BCUT2D eigenvalue weighted by molar-refractivity contribution is 0.0696. The number of likely N-dealkylation sites (tertiary alicyclic amines) is 1. The van der Waals surface area contributed by atoms with Gasteiger partial charge in [0.15, 0.2) is 0 Å². The van der Waals surface area contributed by atoms with Crippen LogP contribution in [0, 0.1) is 0 Å². The molecule has 0 radical (unpaired) electrons. The highest BCUT2D eigenvalue weighted by Gasteiger charge is 2.20. The van der Waals surface area contributed by atoms with Gasteiger partial charge in [0.2, 0.25) is 0 Å². The lowest BCUT2D eigenvalue weighted by Gasteiger charge is -2.35. The molecule has 0 atom stereocenters. The fraction of sp³-hybridized carbons (Fsp3) is 0.562. The molecule has 0 saturated carbocycles. The van der Waals surface area contributed by atoms with Crippen LogP contribution in [-0.2, 0) is 0 Å². The van der Waals surface area contributed by atoms with Crippen LogP contribution in [0.3, 0.4) is 0 Å². The molecule has 0 amide bonds. The van der Waals surface area contributed by atoms with E-state index in [9.17, 15) is 4.79 Å². The second kappa shape index (κ2) is 7.43. The van der Waals surface area contributed by atoms with Crippen LogP contribution in [0.25, 0.3) is 0 Å². The molecule has 1 aromatic carbocycles. The number of nitrogens with zero attached hydrogens (tertiary/aromatic N) is 2. The minimum atomic E-state index is -0.925. The van der Waals surface area contributed by atoms with E-state index in [0.717, 1.165) is 19.6 Å². The first-order valence-corrected chi connectivity index (χ1v) is 7.41. The third kappa shape index (κ3) is 4.72. The van der Waals surface area contributed by atoms with Crippen molar-refractivity contribution in [3.8, 4) is 5.75 Å². The summed E-state index contributed by atoms with van der Waals surface area (Å²) in [6, 6.07) is 7.34. The van der Waals surface area contributed by atoms with Gasteiger partial charge in [-0.2, -0.15) is 0 Å². The van der Waals surface area contributed by atoms with Crippen molar-refractivity contribution in [2.75, 3.05) is 40.3 Å². The van der Waals surface area contributed by atoms with Crippen molar-refractivity contribution in [2.45, 2.75) is 18.9 Å². The van der Waals surface area contributed by atoms with Gasteiger partial charge in [-0.05, 0) is 58.2 Å². The Hall–Kier alpha value is -1.59. The summed E-state index contributed by atoms with van der Waals surface area (Å²) in [6.45, 7) is 3.68. The van der Waals surface area contributed by atoms with E-state index in [1.54, 1.807) is 24.3 Å². The zero-order valence-corrected chi connectivity index (χ0v) is 12.8. The van der Waals surface area contributed by atoms with Crippen LogP contribution in [0.15, 0.2) is 24.3 Å². The molecule has 1 fully saturated rings. The number of carbonyl (C=O) groups is 1. The smallest absolute Gasteiger partial charge is 0.335 e. The highest BCUT2D eigenvalue weighted by molar-refractivity contribution is 5.87. The van der Waals surface area contributed by atoms with Crippen molar-refractivity contribution in [1.29, 1.82) is 0 Å². The van der Waals surface area contributed by atoms with Gasteiger partial charge in [0.25, 0.3) is 0 Å². The quantitative estimate of drug-likeness (QED) is 0.866. The highest BCUT2D eigenvalue weighted by atomic mass is 16.5. The number of hydrogen-bond acceptors (Lipinski definition) is 4. The van der Waals surface area contributed by atoms with Crippen LogP contribution in [0.5, 0.6) is 5.75 Å². The first kappa shape index (κ1) is 15.8. The number of piperidine rings is 1. The SMILES string of the molecule is CN(C)C1CCN(CCOc2cccc(C(=O)O)c2)CC1. The lowest BCUT2D eigenvalue weighted by Crippen LogP contribution is -2.43. The number of ether oxygens (including phenoxy) is 1. The maximum absolute atomic E-state index is 10.9. The number of benzene rings is 1. The second-order valence-electron chi connectivity index (χ2n) is 5.72. The molecular formula is C16H24N2O3. The van der Waals surface area contributed by atoms with Crippen molar-refractivity contribution in [3.05, 3.63) is 29.8 Å². The van der Waals surface area contributed by atoms with Gasteiger partial charge < -0.3 is 14.7 Å². The molecule has 5 heteroatoms. The summed E-state index contributed by atoms with van der Waals surface area (Å²) in [6.07, 6.45) is 2.39. The predicted octanol–water partition coefficient (Wildman–Crippen LogP) is 1.79. The average molecular weight is 292 g/mol. The summed E-state index contributed by atoms with van der Waals surface area (Å²) in [5, 5.41) is 8.94. The molecule has 21 heavy (non-hydrogen) atoms. The van der Waals surface area contributed by atoms with Gasteiger partial charge in [-0.25, -0.2) is 4.79 Å². The van der Waals surface area contributed by atoms with Gasteiger partial charge in [-0.1, -0.05) is 6.07 Å². The molecule has 1 aliphatic rings. The fourth-order valence-electron chi connectivity index (χ4n) is 2.67. The predicted molar refractivity (Wildman–Crippen MR) is 82.0 cm³/mol. The average Bonchev–Trinajstić information content (AvgIpc) is 2.48. The van der Waals surface area contributed by atoms with E-state index in [4.69, 9.17) is 9.84 Å². The van der Waals surface area contributed by atoms with Crippen molar-refractivity contribution in [3.63, 3.8) is 0 Å². The first-order chi connectivity index (χ1) is 10.1. The lowest BCUT2D eigenvalue weighted by atomic mass is 10.0. The van der Waals surface area contributed by atoms with Crippen molar-refractivity contribution in [1.82, 2.24) is 9.80 Å². The minimum Gasteiger partial charge on any atom is -0.492 e. The second-order valence-corrected chi connectivity index (χ2v) is 5.72. The maximum atomic E-state index is 10.9. The van der Waals surface area contributed by atoms with E-state index in [2.05, 4.69) is 23.9 Å². The molecule has 1 aliphatic heterocycles. The summed E-state index contributed by atoms with van der Waals surface area (Å²) in [7, 11) is 4.28. The Morgan fingerprint density at radius 1 is 1.38 bits per heavy atom. The minimum absolute atomic E-state index is 0.263. The van der Waals surface area contributed by atoms with Crippen LogP contribution < -0.4 is 4.74 Å². The number of aromatic carboxylic acids is 1. The maximum Gasteiger partial charge on any atom is 0.335 e. The van der Waals surface area contributed by atoms with Crippen molar-refractivity contribution in [2.24, 2.45) is 0 Å². The largest absolute Gasteiger partial charge is 0.492 e. The molecule has 1 N–H and O–H groups in total. The molecule has 1 heterocycles. The van der Waals surface area contributed by atoms with Gasteiger partial charge in [-0.15, -0.1) is 0 Å². The Kier molecular flexibility index (Phi) is 5.59. The standard InChI is InChI=1S/C16H24N2O3/c1-17(2)14-6-8-18(9-7-14)10-11-21-15-5-3-4-13(12-15)16(19)20/h3-5,12,14H,6-11H2,1-2H3,(H,19,20). The van der Waals surface area contributed by atoms with Crippen LogP contribution >= 0.6 is 0 Å². The van der Waals surface area contributed by atoms with E-state index >= 15 is 0 Å². The Morgan fingerprint density at radius 2 is 2.10 bits per heavy atom. The molecule has 0 bridgehead atoms. The summed E-state index contributed by atoms with van der Waals surface area (Å²) in [4.78, 5) is 15.6. The highest BCUT2D eigenvalue weighted by Crippen LogP contribution is 2.15. The summed E-state index contributed by atoms with van der Waals surface area (Å²) >= 11 is 0. The Labute approximate surface area is 126 Å². The molecule has 1 aromatic rings. The van der Waals surface area contributed by atoms with Gasteiger partial charge in [0, 0.05) is 12.6 Å².